The van der Waals surface area contributed by atoms with E-state index in [1.165, 1.54) is 0 Å². The summed E-state index contributed by atoms with van der Waals surface area (Å²) in [6.45, 7) is 3.82. The molecule has 4 nitrogen and oxygen atoms in total. The minimum absolute atomic E-state index is 0.0929. The molecule has 2 saturated heterocycles. The van der Waals surface area contributed by atoms with Gasteiger partial charge in [0.2, 0.25) is 0 Å². The van der Waals surface area contributed by atoms with Crippen LogP contribution in [0.15, 0.2) is 18.2 Å². The smallest absolute Gasteiger partial charge is 0.138 e. The molecule has 0 radical (unpaired) electrons. The molecule has 0 saturated carbocycles. The van der Waals surface area contributed by atoms with Crippen molar-refractivity contribution >= 4 is 11.6 Å². The summed E-state index contributed by atoms with van der Waals surface area (Å²) in [5.41, 5.74) is 0.620. The first-order valence-electron chi connectivity index (χ1n) is 7.44. The molecule has 1 aromatic carbocycles. The van der Waals surface area contributed by atoms with Crippen LogP contribution in [0.4, 0.5) is 0 Å². The summed E-state index contributed by atoms with van der Waals surface area (Å²) in [5.74, 6) is 0.669. The van der Waals surface area contributed by atoms with Gasteiger partial charge in [-0.05, 0) is 24.6 Å². The standard InChI is InChI=1S/C16H21ClO4/c1-11(18)12-2-3-15(14(17)8-12)21-13-4-6-20-16(9-13)5-7-19-10-16/h2-3,8,11,13,18H,4-7,9-10H2,1H3. The zero-order valence-electron chi connectivity index (χ0n) is 12.2. The summed E-state index contributed by atoms with van der Waals surface area (Å²) < 4.78 is 17.4. The van der Waals surface area contributed by atoms with Gasteiger partial charge < -0.3 is 19.3 Å². The highest BCUT2D eigenvalue weighted by Crippen LogP contribution is 2.36. The van der Waals surface area contributed by atoms with E-state index in [1.54, 1.807) is 13.0 Å². The summed E-state index contributed by atoms with van der Waals surface area (Å²) in [4.78, 5) is 0. The zero-order chi connectivity index (χ0) is 14.9. The molecule has 2 heterocycles. The number of halogens is 1. The van der Waals surface area contributed by atoms with Gasteiger partial charge in [-0.25, -0.2) is 0 Å². The van der Waals surface area contributed by atoms with Crippen LogP contribution >= 0.6 is 11.6 Å². The Balaban J connectivity index is 1.68. The summed E-state index contributed by atoms with van der Waals surface area (Å²) in [5, 5.41) is 10.1. The molecule has 0 bridgehead atoms. The maximum absolute atomic E-state index is 9.57. The van der Waals surface area contributed by atoms with Gasteiger partial charge in [0.05, 0.1) is 29.9 Å². The second kappa shape index (κ2) is 6.13. The van der Waals surface area contributed by atoms with E-state index in [4.69, 9.17) is 25.8 Å². The van der Waals surface area contributed by atoms with Crippen molar-refractivity contribution in [3.63, 3.8) is 0 Å². The fraction of sp³-hybridized carbons (Fsp3) is 0.625. The van der Waals surface area contributed by atoms with Gasteiger partial charge in [0, 0.05) is 25.9 Å². The molecule has 0 aliphatic carbocycles. The molecular formula is C16H21ClO4. The maximum atomic E-state index is 9.57. The molecule has 5 heteroatoms. The second-order valence-corrected chi connectivity index (χ2v) is 6.34. The first-order valence-corrected chi connectivity index (χ1v) is 7.82. The quantitative estimate of drug-likeness (QED) is 0.931. The molecule has 1 aromatic rings. The number of aliphatic hydroxyl groups is 1. The monoisotopic (exact) mass is 312 g/mol. The second-order valence-electron chi connectivity index (χ2n) is 5.93. The molecule has 1 N–H and O–H groups in total. The number of aliphatic hydroxyl groups excluding tert-OH is 1. The summed E-state index contributed by atoms with van der Waals surface area (Å²) >= 11 is 6.25. The number of rotatable bonds is 3. The lowest BCUT2D eigenvalue weighted by molar-refractivity contribution is -0.112. The third-order valence-electron chi connectivity index (χ3n) is 4.25. The van der Waals surface area contributed by atoms with Gasteiger partial charge in [0.1, 0.15) is 11.9 Å². The predicted molar refractivity (Wildman–Crippen MR) is 79.9 cm³/mol. The highest BCUT2D eigenvalue weighted by Gasteiger charge is 2.41. The SMILES string of the molecule is CC(O)c1ccc(OC2CCOC3(CCOC3)C2)c(Cl)c1. The topological polar surface area (TPSA) is 47.9 Å². The highest BCUT2D eigenvalue weighted by atomic mass is 35.5. The van der Waals surface area contributed by atoms with Gasteiger partial charge in [0.25, 0.3) is 0 Å². The van der Waals surface area contributed by atoms with Gasteiger partial charge in [-0.3, -0.25) is 0 Å². The van der Waals surface area contributed by atoms with Crippen LogP contribution < -0.4 is 4.74 Å². The van der Waals surface area contributed by atoms with Crippen LogP contribution in [0.5, 0.6) is 5.75 Å². The van der Waals surface area contributed by atoms with E-state index < -0.39 is 6.10 Å². The minimum Gasteiger partial charge on any atom is -0.489 e. The Kier molecular flexibility index (Phi) is 4.41. The van der Waals surface area contributed by atoms with E-state index in [9.17, 15) is 5.11 Å². The van der Waals surface area contributed by atoms with Crippen LogP contribution in [0.25, 0.3) is 0 Å². The average molecular weight is 313 g/mol. The van der Waals surface area contributed by atoms with E-state index >= 15 is 0 Å². The Morgan fingerprint density at radius 1 is 1.43 bits per heavy atom. The molecule has 1 spiro atoms. The first-order chi connectivity index (χ1) is 10.1. The van der Waals surface area contributed by atoms with Gasteiger partial charge in [-0.15, -0.1) is 0 Å². The Bertz CT molecular complexity index is 497. The van der Waals surface area contributed by atoms with E-state index in [-0.39, 0.29) is 11.7 Å². The van der Waals surface area contributed by atoms with Crippen LogP contribution in [0, 0.1) is 0 Å². The molecule has 3 unspecified atom stereocenters. The zero-order valence-corrected chi connectivity index (χ0v) is 12.9. The fourth-order valence-corrected chi connectivity index (χ4v) is 3.23. The van der Waals surface area contributed by atoms with Crippen LogP contribution in [0.1, 0.15) is 37.9 Å². The fourth-order valence-electron chi connectivity index (χ4n) is 3.00. The summed E-state index contributed by atoms with van der Waals surface area (Å²) in [6.07, 6.45) is 2.19. The Morgan fingerprint density at radius 3 is 2.95 bits per heavy atom. The number of ether oxygens (including phenoxy) is 3. The maximum Gasteiger partial charge on any atom is 0.138 e. The van der Waals surface area contributed by atoms with E-state index in [0.29, 0.717) is 24.0 Å². The lowest BCUT2D eigenvalue weighted by atomic mass is 9.91. The van der Waals surface area contributed by atoms with Crippen LogP contribution in [0.2, 0.25) is 5.02 Å². The molecule has 2 fully saturated rings. The lowest BCUT2D eigenvalue weighted by Crippen LogP contribution is -2.44. The van der Waals surface area contributed by atoms with Crippen molar-refractivity contribution < 1.29 is 19.3 Å². The molecule has 21 heavy (non-hydrogen) atoms. The molecular weight excluding hydrogens is 292 g/mol. The highest BCUT2D eigenvalue weighted by molar-refractivity contribution is 6.32. The molecule has 2 aliphatic rings. The minimum atomic E-state index is -0.529. The van der Waals surface area contributed by atoms with Gasteiger partial charge in [-0.1, -0.05) is 17.7 Å². The summed E-state index contributed by atoms with van der Waals surface area (Å²) in [6, 6.07) is 5.44. The van der Waals surface area contributed by atoms with Crippen LogP contribution in [0.3, 0.4) is 0 Å². The molecule has 0 aromatic heterocycles. The van der Waals surface area contributed by atoms with Crippen molar-refractivity contribution in [2.45, 2.75) is 44.0 Å². The number of hydrogen-bond acceptors (Lipinski definition) is 4. The summed E-state index contributed by atoms with van der Waals surface area (Å²) in [7, 11) is 0. The first kappa shape index (κ1) is 15.1. The Morgan fingerprint density at radius 2 is 2.29 bits per heavy atom. The van der Waals surface area contributed by atoms with Crippen molar-refractivity contribution in [2.24, 2.45) is 0 Å². The van der Waals surface area contributed by atoms with Gasteiger partial charge in [-0.2, -0.15) is 0 Å². The average Bonchev–Trinajstić information content (AvgIpc) is 2.89. The molecule has 2 aliphatic heterocycles. The lowest BCUT2D eigenvalue weighted by Gasteiger charge is -2.37. The number of hydrogen-bond donors (Lipinski definition) is 1. The van der Waals surface area contributed by atoms with Crippen molar-refractivity contribution in [1.29, 1.82) is 0 Å². The Hall–Kier alpha value is -0.810. The third kappa shape index (κ3) is 3.34. The van der Waals surface area contributed by atoms with Gasteiger partial charge >= 0.3 is 0 Å². The van der Waals surface area contributed by atoms with Crippen molar-refractivity contribution in [3.8, 4) is 5.75 Å². The molecule has 116 valence electrons. The van der Waals surface area contributed by atoms with Crippen molar-refractivity contribution in [1.82, 2.24) is 0 Å². The molecule has 3 atom stereocenters. The third-order valence-corrected chi connectivity index (χ3v) is 4.54. The van der Waals surface area contributed by atoms with Crippen molar-refractivity contribution in [3.05, 3.63) is 28.8 Å². The van der Waals surface area contributed by atoms with Gasteiger partial charge in [0.15, 0.2) is 0 Å². The van der Waals surface area contributed by atoms with Crippen molar-refractivity contribution in [2.75, 3.05) is 19.8 Å². The van der Waals surface area contributed by atoms with E-state index in [1.807, 2.05) is 12.1 Å². The predicted octanol–water partition coefficient (Wildman–Crippen LogP) is 3.11. The molecule has 3 rings (SSSR count). The van der Waals surface area contributed by atoms with E-state index in [0.717, 1.165) is 31.4 Å². The normalized spacial score (nSPS) is 30.5. The Labute approximate surface area is 130 Å². The number of benzene rings is 1. The van der Waals surface area contributed by atoms with Crippen LogP contribution in [-0.2, 0) is 9.47 Å². The molecule has 0 amide bonds. The van der Waals surface area contributed by atoms with Crippen LogP contribution in [-0.4, -0.2) is 36.6 Å². The van der Waals surface area contributed by atoms with E-state index in [2.05, 4.69) is 0 Å². The largest absolute Gasteiger partial charge is 0.489 e.